The summed E-state index contributed by atoms with van der Waals surface area (Å²) in [5, 5.41) is 3.79. The summed E-state index contributed by atoms with van der Waals surface area (Å²) in [4.78, 5) is 0. The van der Waals surface area contributed by atoms with E-state index in [0.717, 1.165) is 23.8 Å². The molecule has 2 rings (SSSR count). The summed E-state index contributed by atoms with van der Waals surface area (Å²) in [6.45, 7) is 10.8. The average Bonchev–Trinajstić information content (AvgIpc) is 2.61. The summed E-state index contributed by atoms with van der Waals surface area (Å²) in [6, 6.07) is 0.815. The molecule has 1 aliphatic heterocycles. The minimum absolute atomic E-state index is 0.676. The molecule has 0 radical (unpaired) electrons. The van der Waals surface area contributed by atoms with Crippen LogP contribution < -0.4 is 5.32 Å². The Kier molecular flexibility index (Phi) is 4.18. The van der Waals surface area contributed by atoms with Gasteiger partial charge in [0.15, 0.2) is 0 Å². The zero-order valence-corrected chi connectivity index (χ0v) is 12.3. The van der Waals surface area contributed by atoms with Crippen LogP contribution in [0.1, 0.15) is 66.2 Å². The van der Waals surface area contributed by atoms with Gasteiger partial charge in [-0.1, -0.05) is 27.7 Å². The number of nitrogens with one attached hydrogen (secondary N) is 1. The maximum atomic E-state index is 3.79. The van der Waals surface area contributed by atoms with Crippen molar-refractivity contribution in [2.75, 3.05) is 6.54 Å². The zero-order valence-electron chi connectivity index (χ0n) is 12.3. The van der Waals surface area contributed by atoms with Crippen LogP contribution in [0.4, 0.5) is 0 Å². The van der Waals surface area contributed by atoms with E-state index in [4.69, 9.17) is 0 Å². The second-order valence-corrected chi connectivity index (χ2v) is 7.33. The standard InChI is InChI=1S/C16H31N/c1-12(2)11-15-16(9-10-17-15)7-5-14(6-8-16)13(3)4/h12-15,17H,5-11H2,1-4H3. The second-order valence-electron chi connectivity index (χ2n) is 7.33. The van der Waals surface area contributed by atoms with Gasteiger partial charge in [-0.05, 0) is 68.2 Å². The van der Waals surface area contributed by atoms with Crippen LogP contribution >= 0.6 is 0 Å². The van der Waals surface area contributed by atoms with Crippen LogP contribution in [0.25, 0.3) is 0 Å². The van der Waals surface area contributed by atoms with Gasteiger partial charge in [0.25, 0.3) is 0 Å². The maximum absolute atomic E-state index is 3.79. The van der Waals surface area contributed by atoms with E-state index in [0.29, 0.717) is 5.41 Å². The fourth-order valence-corrected chi connectivity index (χ4v) is 4.17. The molecule has 2 fully saturated rings. The third-order valence-electron chi connectivity index (χ3n) is 5.43. The highest BCUT2D eigenvalue weighted by Gasteiger charge is 2.44. The lowest BCUT2D eigenvalue weighted by molar-refractivity contribution is 0.102. The van der Waals surface area contributed by atoms with Crippen molar-refractivity contribution in [2.24, 2.45) is 23.2 Å². The third kappa shape index (κ3) is 2.86. The molecule has 1 heteroatoms. The van der Waals surface area contributed by atoms with Crippen LogP contribution in [-0.2, 0) is 0 Å². The SMILES string of the molecule is CC(C)CC1NCCC12CCC(C(C)C)CC2. The van der Waals surface area contributed by atoms with Crippen molar-refractivity contribution in [3.05, 3.63) is 0 Å². The number of hydrogen-bond acceptors (Lipinski definition) is 1. The van der Waals surface area contributed by atoms with Gasteiger partial charge in [0.1, 0.15) is 0 Å². The molecule has 0 aromatic rings. The van der Waals surface area contributed by atoms with E-state index in [1.54, 1.807) is 0 Å². The fourth-order valence-electron chi connectivity index (χ4n) is 4.17. The maximum Gasteiger partial charge on any atom is 0.0126 e. The molecule has 1 saturated carbocycles. The summed E-state index contributed by atoms with van der Waals surface area (Å²) in [6.07, 6.45) is 8.75. The Hall–Kier alpha value is -0.0400. The van der Waals surface area contributed by atoms with Crippen LogP contribution in [0.3, 0.4) is 0 Å². The molecular weight excluding hydrogens is 206 g/mol. The molecule has 1 heterocycles. The van der Waals surface area contributed by atoms with Crippen molar-refractivity contribution in [3.63, 3.8) is 0 Å². The normalized spacial score (nSPS) is 38.5. The summed E-state index contributed by atoms with van der Waals surface area (Å²) < 4.78 is 0. The molecule has 0 aromatic carbocycles. The van der Waals surface area contributed by atoms with Crippen molar-refractivity contribution >= 4 is 0 Å². The molecule has 1 aliphatic carbocycles. The van der Waals surface area contributed by atoms with Crippen LogP contribution in [-0.4, -0.2) is 12.6 Å². The molecule has 1 saturated heterocycles. The molecule has 0 aromatic heterocycles. The lowest BCUT2D eigenvalue weighted by Crippen LogP contribution is -2.41. The minimum Gasteiger partial charge on any atom is -0.313 e. The molecule has 0 bridgehead atoms. The number of rotatable bonds is 3. The highest BCUT2D eigenvalue weighted by atomic mass is 15.0. The van der Waals surface area contributed by atoms with Gasteiger partial charge < -0.3 is 5.32 Å². The zero-order chi connectivity index (χ0) is 12.5. The quantitative estimate of drug-likeness (QED) is 0.774. The molecular formula is C16H31N. The Morgan fingerprint density at radius 3 is 2.24 bits per heavy atom. The van der Waals surface area contributed by atoms with E-state index in [1.807, 2.05) is 0 Å². The van der Waals surface area contributed by atoms with Gasteiger partial charge in [0, 0.05) is 6.04 Å². The predicted octanol–water partition coefficient (Wildman–Crippen LogP) is 4.23. The van der Waals surface area contributed by atoms with E-state index in [1.165, 1.54) is 45.1 Å². The monoisotopic (exact) mass is 237 g/mol. The molecule has 1 spiro atoms. The van der Waals surface area contributed by atoms with Gasteiger partial charge >= 0.3 is 0 Å². The van der Waals surface area contributed by atoms with Gasteiger partial charge in [0.2, 0.25) is 0 Å². The highest BCUT2D eigenvalue weighted by molar-refractivity contribution is 5.00. The Morgan fingerprint density at radius 2 is 1.71 bits per heavy atom. The van der Waals surface area contributed by atoms with Gasteiger partial charge in [-0.3, -0.25) is 0 Å². The van der Waals surface area contributed by atoms with E-state index < -0.39 is 0 Å². The van der Waals surface area contributed by atoms with Crippen molar-refractivity contribution in [2.45, 2.75) is 72.3 Å². The third-order valence-corrected chi connectivity index (χ3v) is 5.43. The Bertz CT molecular complexity index is 236. The number of hydrogen-bond donors (Lipinski definition) is 1. The minimum atomic E-state index is 0.676. The molecule has 0 amide bonds. The summed E-state index contributed by atoms with van der Waals surface area (Å²) in [5.74, 6) is 2.73. The molecule has 17 heavy (non-hydrogen) atoms. The van der Waals surface area contributed by atoms with Crippen molar-refractivity contribution in [3.8, 4) is 0 Å². The van der Waals surface area contributed by atoms with Crippen LogP contribution in [0.5, 0.6) is 0 Å². The fraction of sp³-hybridized carbons (Fsp3) is 1.00. The van der Waals surface area contributed by atoms with Crippen molar-refractivity contribution in [1.82, 2.24) is 5.32 Å². The Morgan fingerprint density at radius 1 is 1.06 bits per heavy atom. The van der Waals surface area contributed by atoms with E-state index in [-0.39, 0.29) is 0 Å². The van der Waals surface area contributed by atoms with Crippen molar-refractivity contribution in [1.29, 1.82) is 0 Å². The summed E-state index contributed by atoms with van der Waals surface area (Å²) in [7, 11) is 0. The summed E-state index contributed by atoms with van der Waals surface area (Å²) in [5.41, 5.74) is 0.676. The van der Waals surface area contributed by atoms with E-state index >= 15 is 0 Å². The lowest BCUT2D eigenvalue weighted by Gasteiger charge is -2.43. The van der Waals surface area contributed by atoms with Gasteiger partial charge in [0.05, 0.1) is 0 Å². The first-order chi connectivity index (χ1) is 8.03. The Labute approximate surface area is 108 Å². The topological polar surface area (TPSA) is 12.0 Å². The van der Waals surface area contributed by atoms with Crippen molar-refractivity contribution < 1.29 is 0 Å². The van der Waals surface area contributed by atoms with Gasteiger partial charge in [-0.25, -0.2) is 0 Å². The first kappa shape index (κ1) is 13.4. The van der Waals surface area contributed by atoms with Crippen LogP contribution in [0.2, 0.25) is 0 Å². The molecule has 1 nitrogen and oxygen atoms in total. The molecule has 1 N–H and O–H groups in total. The molecule has 1 unspecified atom stereocenters. The Balaban J connectivity index is 1.95. The predicted molar refractivity (Wildman–Crippen MR) is 75.1 cm³/mol. The van der Waals surface area contributed by atoms with Crippen LogP contribution in [0, 0.1) is 23.2 Å². The first-order valence-corrected chi connectivity index (χ1v) is 7.77. The smallest absolute Gasteiger partial charge is 0.0126 e. The second kappa shape index (κ2) is 5.30. The first-order valence-electron chi connectivity index (χ1n) is 7.77. The largest absolute Gasteiger partial charge is 0.313 e. The molecule has 100 valence electrons. The van der Waals surface area contributed by atoms with E-state index in [9.17, 15) is 0 Å². The highest BCUT2D eigenvalue weighted by Crippen LogP contribution is 2.49. The lowest BCUT2D eigenvalue weighted by atomic mass is 9.63. The molecule has 1 atom stereocenters. The van der Waals surface area contributed by atoms with E-state index in [2.05, 4.69) is 33.0 Å². The average molecular weight is 237 g/mol. The van der Waals surface area contributed by atoms with Gasteiger partial charge in [-0.15, -0.1) is 0 Å². The van der Waals surface area contributed by atoms with Crippen LogP contribution in [0.15, 0.2) is 0 Å². The van der Waals surface area contributed by atoms with Gasteiger partial charge in [-0.2, -0.15) is 0 Å². The molecule has 2 aliphatic rings. The summed E-state index contributed by atoms with van der Waals surface area (Å²) >= 11 is 0.